The molecule has 2 aliphatic heterocycles. The molecule has 26 heavy (non-hydrogen) atoms. The van der Waals surface area contributed by atoms with Crippen LogP contribution in [0.4, 0.5) is 10.5 Å². The number of hydrogen-bond acceptors (Lipinski definition) is 4. The normalized spacial score (nSPS) is 23.7. The number of fused-ring (bicyclic) bond motifs is 1. The summed E-state index contributed by atoms with van der Waals surface area (Å²) in [5.74, 6) is 0.190. The molecule has 0 saturated carbocycles. The van der Waals surface area contributed by atoms with Crippen molar-refractivity contribution in [3.8, 4) is 0 Å². The SMILES string of the molecule is CCN(CC)S(=O)(=O)c1ccc(N2C(=O)C3CC(C)CCN3C2=O)cc1. The Morgan fingerprint density at radius 3 is 2.31 bits per heavy atom. The Balaban J connectivity index is 1.87. The van der Waals surface area contributed by atoms with Crippen LogP contribution in [0.25, 0.3) is 0 Å². The van der Waals surface area contributed by atoms with Crippen molar-refractivity contribution in [1.29, 1.82) is 0 Å². The summed E-state index contributed by atoms with van der Waals surface area (Å²) in [5, 5.41) is 0. The first-order chi connectivity index (χ1) is 12.3. The second-order valence-corrected chi connectivity index (χ2v) is 8.82. The lowest BCUT2D eigenvalue weighted by atomic mass is 9.93. The van der Waals surface area contributed by atoms with Crippen LogP contribution in [0.1, 0.15) is 33.6 Å². The molecule has 7 nitrogen and oxygen atoms in total. The summed E-state index contributed by atoms with van der Waals surface area (Å²) in [4.78, 5) is 28.3. The van der Waals surface area contributed by atoms with Crippen LogP contribution in [0.15, 0.2) is 29.2 Å². The van der Waals surface area contributed by atoms with Crippen LogP contribution in [0.2, 0.25) is 0 Å². The molecule has 0 bridgehead atoms. The van der Waals surface area contributed by atoms with E-state index in [1.54, 1.807) is 18.7 Å². The van der Waals surface area contributed by atoms with Gasteiger partial charge in [-0.2, -0.15) is 4.31 Å². The fourth-order valence-electron chi connectivity index (χ4n) is 3.69. The third-order valence-electron chi connectivity index (χ3n) is 5.25. The molecule has 2 unspecified atom stereocenters. The van der Waals surface area contributed by atoms with Gasteiger partial charge >= 0.3 is 6.03 Å². The summed E-state index contributed by atoms with van der Waals surface area (Å²) in [6.07, 6.45) is 1.57. The Morgan fingerprint density at radius 2 is 1.73 bits per heavy atom. The molecule has 2 aliphatic rings. The standard InChI is InChI=1S/C18H25N3O4S/c1-4-19(5-2)26(24,25)15-8-6-14(7-9-15)21-17(22)16-12-13(3)10-11-20(16)18(21)23/h6-9,13,16H,4-5,10-12H2,1-3H3. The molecule has 1 aromatic carbocycles. The predicted octanol–water partition coefficient (Wildman–Crippen LogP) is 2.28. The van der Waals surface area contributed by atoms with E-state index in [-0.39, 0.29) is 16.8 Å². The first-order valence-electron chi connectivity index (χ1n) is 9.06. The number of imide groups is 1. The number of benzene rings is 1. The van der Waals surface area contributed by atoms with Crippen molar-refractivity contribution in [2.24, 2.45) is 5.92 Å². The van der Waals surface area contributed by atoms with Gasteiger partial charge in [0, 0.05) is 19.6 Å². The average Bonchev–Trinajstić information content (AvgIpc) is 2.86. The van der Waals surface area contributed by atoms with E-state index in [0.717, 1.165) is 6.42 Å². The van der Waals surface area contributed by atoms with Crippen molar-refractivity contribution < 1.29 is 18.0 Å². The minimum Gasteiger partial charge on any atom is -0.312 e. The summed E-state index contributed by atoms with van der Waals surface area (Å²) in [5.41, 5.74) is 0.417. The van der Waals surface area contributed by atoms with Crippen LogP contribution < -0.4 is 4.90 Å². The van der Waals surface area contributed by atoms with E-state index >= 15 is 0 Å². The van der Waals surface area contributed by atoms with Crippen LogP contribution in [-0.4, -0.2) is 55.2 Å². The largest absolute Gasteiger partial charge is 0.332 e. The predicted molar refractivity (Wildman–Crippen MR) is 98.3 cm³/mol. The molecule has 0 radical (unpaired) electrons. The van der Waals surface area contributed by atoms with E-state index in [2.05, 4.69) is 6.92 Å². The highest BCUT2D eigenvalue weighted by atomic mass is 32.2. The van der Waals surface area contributed by atoms with Crippen LogP contribution >= 0.6 is 0 Å². The van der Waals surface area contributed by atoms with Gasteiger partial charge in [0.25, 0.3) is 5.91 Å². The smallest absolute Gasteiger partial charge is 0.312 e. The van der Waals surface area contributed by atoms with Crippen LogP contribution in [-0.2, 0) is 14.8 Å². The van der Waals surface area contributed by atoms with E-state index in [1.165, 1.54) is 33.5 Å². The van der Waals surface area contributed by atoms with Crippen LogP contribution in [0.5, 0.6) is 0 Å². The third-order valence-corrected chi connectivity index (χ3v) is 7.31. The molecule has 3 amide bonds. The molecule has 0 aromatic heterocycles. The van der Waals surface area contributed by atoms with Crippen molar-refractivity contribution in [2.45, 2.75) is 44.6 Å². The first kappa shape index (κ1) is 18.8. The van der Waals surface area contributed by atoms with Gasteiger partial charge in [-0.1, -0.05) is 20.8 Å². The summed E-state index contributed by atoms with van der Waals surface area (Å²) in [6, 6.07) is 5.28. The van der Waals surface area contributed by atoms with Gasteiger partial charge < -0.3 is 4.90 Å². The van der Waals surface area contributed by atoms with Crippen molar-refractivity contribution in [3.63, 3.8) is 0 Å². The van der Waals surface area contributed by atoms with E-state index < -0.39 is 16.1 Å². The summed E-state index contributed by atoms with van der Waals surface area (Å²) >= 11 is 0. The lowest BCUT2D eigenvalue weighted by molar-refractivity contribution is -0.120. The molecule has 8 heteroatoms. The molecule has 0 N–H and O–H groups in total. The molecular formula is C18H25N3O4S. The summed E-state index contributed by atoms with van der Waals surface area (Å²) in [7, 11) is -3.56. The number of hydrogen-bond donors (Lipinski definition) is 0. The Labute approximate surface area is 154 Å². The maximum absolute atomic E-state index is 12.7. The topological polar surface area (TPSA) is 78.0 Å². The van der Waals surface area contributed by atoms with Gasteiger partial charge in [-0.3, -0.25) is 4.79 Å². The number of carbonyl (C=O) groups is 2. The maximum Gasteiger partial charge on any atom is 0.332 e. The zero-order valence-corrected chi connectivity index (χ0v) is 16.2. The van der Waals surface area contributed by atoms with E-state index in [1.807, 2.05) is 0 Å². The summed E-state index contributed by atoms with van der Waals surface area (Å²) < 4.78 is 26.5. The molecule has 142 valence electrons. The Hall–Kier alpha value is -1.93. The molecular weight excluding hydrogens is 354 g/mol. The quantitative estimate of drug-likeness (QED) is 0.736. The molecule has 2 fully saturated rings. The number of carbonyl (C=O) groups excluding carboxylic acids is 2. The number of rotatable bonds is 5. The molecule has 0 spiro atoms. The van der Waals surface area contributed by atoms with Crippen molar-refractivity contribution in [3.05, 3.63) is 24.3 Å². The van der Waals surface area contributed by atoms with Crippen LogP contribution in [0, 0.1) is 5.92 Å². The van der Waals surface area contributed by atoms with Gasteiger partial charge in [-0.25, -0.2) is 18.1 Å². The lowest BCUT2D eigenvalue weighted by Crippen LogP contribution is -2.41. The minimum atomic E-state index is -3.56. The Bertz CT molecular complexity index is 802. The highest BCUT2D eigenvalue weighted by molar-refractivity contribution is 7.89. The highest BCUT2D eigenvalue weighted by Crippen LogP contribution is 2.33. The third kappa shape index (κ3) is 3.01. The first-order valence-corrected chi connectivity index (χ1v) is 10.5. The van der Waals surface area contributed by atoms with E-state index in [9.17, 15) is 18.0 Å². The Kier molecular flexibility index (Phi) is 5.07. The van der Waals surface area contributed by atoms with Crippen molar-refractivity contribution in [2.75, 3.05) is 24.5 Å². The minimum absolute atomic E-state index is 0.162. The zero-order valence-electron chi connectivity index (χ0n) is 15.4. The van der Waals surface area contributed by atoms with Crippen molar-refractivity contribution in [1.82, 2.24) is 9.21 Å². The number of urea groups is 1. The van der Waals surface area contributed by atoms with E-state index in [0.29, 0.717) is 37.7 Å². The number of sulfonamides is 1. The van der Waals surface area contributed by atoms with Gasteiger partial charge in [0.1, 0.15) is 6.04 Å². The number of amides is 3. The molecule has 1 aromatic rings. The maximum atomic E-state index is 12.7. The molecule has 0 aliphatic carbocycles. The second-order valence-electron chi connectivity index (χ2n) is 6.88. The zero-order chi connectivity index (χ0) is 19.1. The molecule has 3 rings (SSSR count). The van der Waals surface area contributed by atoms with Gasteiger partial charge in [0.15, 0.2) is 0 Å². The fraction of sp³-hybridized carbons (Fsp3) is 0.556. The van der Waals surface area contributed by atoms with Gasteiger partial charge in [-0.05, 0) is 43.0 Å². The van der Waals surface area contributed by atoms with Crippen molar-refractivity contribution >= 4 is 27.6 Å². The Morgan fingerprint density at radius 1 is 1.12 bits per heavy atom. The number of nitrogens with zero attached hydrogens (tertiary/aromatic N) is 3. The fourth-order valence-corrected chi connectivity index (χ4v) is 5.15. The monoisotopic (exact) mass is 379 g/mol. The van der Waals surface area contributed by atoms with Gasteiger partial charge in [0.05, 0.1) is 10.6 Å². The van der Waals surface area contributed by atoms with E-state index in [4.69, 9.17) is 0 Å². The molecule has 2 saturated heterocycles. The molecule has 2 atom stereocenters. The van der Waals surface area contributed by atoms with Gasteiger partial charge in [-0.15, -0.1) is 0 Å². The number of piperidine rings is 1. The molecule has 2 heterocycles. The second kappa shape index (κ2) is 7.00. The lowest BCUT2D eigenvalue weighted by Gasteiger charge is -2.30. The number of anilines is 1. The van der Waals surface area contributed by atoms with Crippen LogP contribution in [0.3, 0.4) is 0 Å². The highest BCUT2D eigenvalue weighted by Gasteiger charge is 2.47. The average molecular weight is 379 g/mol. The summed E-state index contributed by atoms with van der Waals surface area (Å²) in [6.45, 7) is 7.02. The van der Waals surface area contributed by atoms with Gasteiger partial charge in [0.2, 0.25) is 10.0 Å².